The molecule has 0 radical (unpaired) electrons. The van der Waals surface area contributed by atoms with Gasteiger partial charge in [0.25, 0.3) is 0 Å². The first kappa shape index (κ1) is 16.0. The van der Waals surface area contributed by atoms with Gasteiger partial charge < -0.3 is 15.2 Å². The molecule has 1 aromatic carbocycles. The van der Waals surface area contributed by atoms with Crippen LogP contribution in [0.5, 0.6) is 0 Å². The first-order valence-electron chi connectivity index (χ1n) is 5.81. The van der Waals surface area contributed by atoms with E-state index in [9.17, 15) is 14.4 Å². The van der Waals surface area contributed by atoms with E-state index >= 15 is 0 Å². The maximum Gasteiger partial charge on any atom is 0.408 e. The summed E-state index contributed by atoms with van der Waals surface area (Å²) in [6, 6.07) is 7.47. The van der Waals surface area contributed by atoms with Crippen LogP contribution in [-0.2, 0) is 20.9 Å². The molecule has 0 saturated carbocycles. The average molecular weight is 300 g/mol. The predicted molar refractivity (Wildman–Crippen MR) is 71.2 cm³/mol. The number of benzene rings is 1. The minimum atomic E-state index is -1.43. The lowest BCUT2D eigenvalue weighted by Crippen LogP contribution is -2.46. The lowest BCUT2D eigenvalue weighted by molar-refractivity contribution is -0.142. The molecule has 2 N–H and O–H groups in total. The van der Waals surface area contributed by atoms with Gasteiger partial charge in [0.05, 0.1) is 5.92 Å². The van der Waals surface area contributed by atoms with Gasteiger partial charge in [-0.3, -0.25) is 4.79 Å². The standard InChI is InChI=1S/C13H14ClNO5/c1-8(11(14)16)10(12(17)18)15-13(19)20-7-9-5-3-2-4-6-9/h2-6,8,10H,7H2,1H3,(H,15,19)(H,17,18). The van der Waals surface area contributed by atoms with Crippen molar-refractivity contribution in [1.29, 1.82) is 0 Å². The first-order chi connectivity index (χ1) is 9.41. The Hall–Kier alpha value is -2.08. The molecule has 108 valence electrons. The monoisotopic (exact) mass is 299 g/mol. The van der Waals surface area contributed by atoms with Gasteiger partial charge in [0.1, 0.15) is 12.6 Å². The number of aliphatic carboxylic acids is 1. The zero-order valence-electron chi connectivity index (χ0n) is 10.7. The fourth-order valence-corrected chi connectivity index (χ4v) is 1.55. The lowest BCUT2D eigenvalue weighted by atomic mass is 10.0. The Labute approximate surface area is 120 Å². The summed E-state index contributed by atoms with van der Waals surface area (Å²) in [6.07, 6.45) is -0.925. The van der Waals surface area contributed by atoms with Crippen LogP contribution < -0.4 is 5.32 Å². The molecule has 1 aromatic rings. The number of rotatable bonds is 6. The molecule has 0 aromatic heterocycles. The number of alkyl carbamates (subject to hydrolysis) is 1. The van der Waals surface area contributed by atoms with E-state index in [4.69, 9.17) is 21.4 Å². The number of amides is 1. The van der Waals surface area contributed by atoms with Crippen molar-refractivity contribution in [3.8, 4) is 0 Å². The van der Waals surface area contributed by atoms with Gasteiger partial charge in [-0.1, -0.05) is 37.3 Å². The maximum atomic E-state index is 11.5. The molecule has 7 heteroatoms. The Morgan fingerprint density at radius 2 is 1.90 bits per heavy atom. The highest BCUT2D eigenvalue weighted by molar-refractivity contribution is 6.64. The summed E-state index contributed by atoms with van der Waals surface area (Å²) in [7, 11) is 0. The van der Waals surface area contributed by atoms with Crippen LogP contribution >= 0.6 is 11.6 Å². The number of carboxylic acid groups (broad SMARTS) is 1. The molecule has 0 aliphatic rings. The molecular formula is C13H14ClNO5. The van der Waals surface area contributed by atoms with Gasteiger partial charge >= 0.3 is 12.1 Å². The van der Waals surface area contributed by atoms with Crippen molar-refractivity contribution in [2.24, 2.45) is 5.92 Å². The van der Waals surface area contributed by atoms with E-state index in [2.05, 4.69) is 5.32 Å². The fourth-order valence-electron chi connectivity index (χ4n) is 1.42. The molecule has 0 aliphatic heterocycles. The number of carbonyl (C=O) groups is 3. The van der Waals surface area contributed by atoms with Crippen LogP contribution in [-0.4, -0.2) is 28.5 Å². The molecule has 0 bridgehead atoms. The predicted octanol–water partition coefficient (Wildman–Crippen LogP) is 1.77. The Morgan fingerprint density at radius 1 is 1.30 bits per heavy atom. The van der Waals surface area contributed by atoms with Crippen molar-refractivity contribution >= 4 is 28.9 Å². The van der Waals surface area contributed by atoms with Gasteiger partial charge in [-0.2, -0.15) is 0 Å². The number of carbonyl (C=O) groups excluding carboxylic acids is 2. The topological polar surface area (TPSA) is 92.7 Å². The van der Waals surface area contributed by atoms with Crippen LogP contribution in [0.15, 0.2) is 30.3 Å². The number of halogens is 1. The van der Waals surface area contributed by atoms with Crippen LogP contribution in [0.1, 0.15) is 12.5 Å². The molecule has 0 aliphatic carbocycles. The third-order valence-corrected chi connectivity index (χ3v) is 2.95. The third kappa shape index (κ3) is 4.89. The molecule has 0 spiro atoms. The Balaban J connectivity index is 2.54. The molecule has 0 fully saturated rings. The normalized spacial score (nSPS) is 13.1. The quantitative estimate of drug-likeness (QED) is 0.781. The summed E-state index contributed by atoms with van der Waals surface area (Å²) in [5, 5.41) is 10.2. The molecule has 6 nitrogen and oxygen atoms in total. The third-order valence-electron chi connectivity index (χ3n) is 2.61. The number of hydrogen-bond acceptors (Lipinski definition) is 4. The van der Waals surface area contributed by atoms with Crippen LogP contribution in [0.2, 0.25) is 0 Å². The lowest BCUT2D eigenvalue weighted by Gasteiger charge is -2.18. The molecule has 1 amide bonds. The van der Waals surface area contributed by atoms with E-state index in [1.807, 2.05) is 6.07 Å². The van der Waals surface area contributed by atoms with E-state index in [1.165, 1.54) is 6.92 Å². The second-order valence-electron chi connectivity index (χ2n) is 4.11. The highest BCUT2D eigenvalue weighted by Gasteiger charge is 2.31. The van der Waals surface area contributed by atoms with Gasteiger partial charge in [0.15, 0.2) is 0 Å². The summed E-state index contributed by atoms with van der Waals surface area (Å²) in [6.45, 7) is 1.31. The first-order valence-corrected chi connectivity index (χ1v) is 6.19. The maximum absolute atomic E-state index is 11.5. The highest BCUT2D eigenvalue weighted by Crippen LogP contribution is 2.08. The van der Waals surface area contributed by atoms with Gasteiger partial charge in [-0.15, -0.1) is 0 Å². The Kier molecular flexibility index (Phi) is 5.99. The van der Waals surface area contributed by atoms with Crippen molar-refractivity contribution in [3.05, 3.63) is 35.9 Å². The second kappa shape index (κ2) is 7.49. The van der Waals surface area contributed by atoms with E-state index in [0.717, 1.165) is 5.56 Å². The van der Waals surface area contributed by atoms with Crippen LogP contribution in [0.3, 0.4) is 0 Å². The van der Waals surface area contributed by atoms with Crippen LogP contribution in [0.4, 0.5) is 4.79 Å². The summed E-state index contributed by atoms with van der Waals surface area (Å²) in [5.41, 5.74) is 0.760. The molecule has 1 rings (SSSR count). The van der Waals surface area contributed by atoms with Gasteiger partial charge in [0, 0.05) is 0 Å². The molecule has 0 heterocycles. The van der Waals surface area contributed by atoms with Crippen molar-refractivity contribution in [2.75, 3.05) is 0 Å². The number of nitrogens with one attached hydrogen (secondary N) is 1. The molecule has 2 unspecified atom stereocenters. The fraction of sp³-hybridized carbons (Fsp3) is 0.308. The molecule has 0 saturated heterocycles. The molecule has 20 heavy (non-hydrogen) atoms. The Bertz CT molecular complexity index is 491. The largest absolute Gasteiger partial charge is 0.480 e. The van der Waals surface area contributed by atoms with E-state index in [-0.39, 0.29) is 6.61 Å². The second-order valence-corrected chi connectivity index (χ2v) is 4.49. The summed E-state index contributed by atoms with van der Waals surface area (Å²) in [4.78, 5) is 33.4. The van der Waals surface area contributed by atoms with Crippen molar-refractivity contribution in [3.63, 3.8) is 0 Å². The zero-order chi connectivity index (χ0) is 15.1. The zero-order valence-corrected chi connectivity index (χ0v) is 11.5. The number of hydrogen-bond donors (Lipinski definition) is 2. The molecule has 2 atom stereocenters. The number of ether oxygens (including phenoxy) is 1. The SMILES string of the molecule is CC(C(=O)Cl)C(NC(=O)OCc1ccccc1)C(=O)O. The van der Waals surface area contributed by atoms with Gasteiger partial charge in [-0.25, -0.2) is 9.59 Å². The minimum absolute atomic E-state index is 0.00220. The van der Waals surface area contributed by atoms with E-state index < -0.39 is 29.3 Å². The van der Waals surface area contributed by atoms with Crippen molar-refractivity contribution < 1.29 is 24.2 Å². The smallest absolute Gasteiger partial charge is 0.408 e. The average Bonchev–Trinajstić information content (AvgIpc) is 2.42. The molecular weight excluding hydrogens is 286 g/mol. The minimum Gasteiger partial charge on any atom is -0.480 e. The van der Waals surface area contributed by atoms with E-state index in [1.54, 1.807) is 24.3 Å². The van der Waals surface area contributed by atoms with Crippen LogP contribution in [0, 0.1) is 5.92 Å². The summed E-state index contributed by atoms with van der Waals surface area (Å²) >= 11 is 5.23. The number of carboxylic acids is 1. The van der Waals surface area contributed by atoms with Gasteiger partial charge in [0.2, 0.25) is 5.24 Å². The van der Waals surface area contributed by atoms with Crippen molar-refractivity contribution in [2.45, 2.75) is 19.6 Å². The van der Waals surface area contributed by atoms with Crippen molar-refractivity contribution in [1.82, 2.24) is 5.32 Å². The summed E-state index contributed by atoms with van der Waals surface area (Å²) < 4.78 is 4.87. The van der Waals surface area contributed by atoms with Gasteiger partial charge in [-0.05, 0) is 17.2 Å². The Morgan fingerprint density at radius 3 is 2.40 bits per heavy atom. The highest BCUT2D eigenvalue weighted by atomic mass is 35.5. The van der Waals surface area contributed by atoms with E-state index in [0.29, 0.717) is 0 Å². The summed E-state index contributed by atoms with van der Waals surface area (Å²) in [5.74, 6) is -2.42. The van der Waals surface area contributed by atoms with Crippen LogP contribution in [0.25, 0.3) is 0 Å².